The van der Waals surface area contributed by atoms with Crippen LogP contribution < -0.4 is 5.32 Å². The second-order valence-electron chi connectivity index (χ2n) is 6.52. The first-order valence-electron chi connectivity index (χ1n) is 7.83. The molecule has 1 N–H and O–H groups in total. The lowest BCUT2D eigenvalue weighted by atomic mass is 10.1. The first-order valence-corrected chi connectivity index (χ1v) is 7.83. The predicted molar refractivity (Wildman–Crippen MR) is 84.3 cm³/mol. The number of carbonyl (C=O) groups is 1. The lowest BCUT2D eigenvalue weighted by molar-refractivity contribution is 0.184. The van der Waals surface area contributed by atoms with E-state index in [2.05, 4.69) is 31.2 Å². The molecule has 0 aromatic carbocycles. The molecule has 2 atom stereocenters. The molecule has 1 heterocycles. The van der Waals surface area contributed by atoms with E-state index in [0.29, 0.717) is 12.0 Å². The summed E-state index contributed by atoms with van der Waals surface area (Å²) >= 11 is 0. The highest BCUT2D eigenvalue weighted by molar-refractivity contribution is 5.74. The number of nitrogens with zero attached hydrogens (tertiary/aromatic N) is 3. The Morgan fingerprint density at radius 1 is 1.43 bits per heavy atom. The zero-order valence-corrected chi connectivity index (χ0v) is 14.1. The first kappa shape index (κ1) is 15.9. The van der Waals surface area contributed by atoms with Crippen molar-refractivity contribution in [2.24, 2.45) is 13.0 Å². The molecule has 21 heavy (non-hydrogen) atoms. The maximum atomic E-state index is 12.3. The van der Waals surface area contributed by atoms with Crippen molar-refractivity contribution in [3.8, 4) is 0 Å². The fraction of sp³-hybridized carbons (Fsp3) is 0.750. The summed E-state index contributed by atoms with van der Waals surface area (Å²) < 4.78 is 1.90. The fourth-order valence-electron chi connectivity index (χ4n) is 2.86. The lowest BCUT2D eigenvalue weighted by Gasteiger charge is -2.27. The van der Waals surface area contributed by atoms with Crippen molar-refractivity contribution >= 4 is 6.03 Å². The standard InChI is InChI=1S/C16H28N4O/c1-10(9-15-11(2)18-20(6)13(15)4)17-16(21)19(5)12(3)14-7-8-14/h10,12,14H,7-9H2,1-6H3,(H,17,21)/t10-,12-/m1/s1. The summed E-state index contributed by atoms with van der Waals surface area (Å²) in [5, 5.41) is 7.54. The number of aromatic nitrogens is 2. The molecule has 1 aromatic heterocycles. The molecule has 0 unspecified atom stereocenters. The minimum atomic E-state index is 0.0288. The van der Waals surface area contributed by atoms with Gasteiger partial charge in [0.25, 0.3) is 0 Å². The molecule has 5 nitrogen and oxygen atoms in total. The Morgan fingerprint density at radius 3 is 2.52 bits per heavy atom. The summed E-state index contributed by atoms with van der Waals surface area (Å²) in [4.78, 5) is 14.1. The summed E-state index contributed by atoms with van der Waals surface area (Å²) in [6.45, 7) is 8.29. The van der Waals surface area contributed by atoms with Crippen LogP contribution in [-0.2, 0) is 13.5 Å². The van der Waals surface area contributed by atoms with E-state index in [-0.39, 0.29) is 12.1 Å². The van der Waals surface area contributed by atoms with Gasteiger partial charge in [-0.05, 0) is 58.4 Å². The van der Waals surface area contributed by atoms with Crippen LogP contribution in [0.15, 0.2) is 0 Å². The average Bonchev–Trinajstić information content (AvgIpc) is 3.23. The highest BCUT2D eigenvalue weighted by Crippen LogP contribution is 2.34. The maximum absolute atomic E-state index is 12.3. The number of amides is 2. The van der Waals surface area contributed by atoms with Crippen LogP contribution in [0, 0.1) is 19.8 Å². The topological polar surface area (TPSA) is 50.2 Å². The minimum absolute atomic E-state index is 0.0288. The lowest BCUT2D eigenvalue weighted by Crippen LogP contribution is -2.46. The van der Waals surface area contributed by atoms with E-state index in [9.17, 15) is 4.79 Å². The Hall–Kier alpha value is -1.52. The highest BCUT2D eigenvalue weighted by atomic mass is 16.2. The minimum Gasteiger partial charge on any atom is -0.335 e. The fourth-order valence-corrected chi connectivity index (χ4v) is 2.86. The van der Waals surface area contributed by atoms with E-state index >= 15 is 0 Å². The molecule has 1 fully saturated rings. The third-order valence-corrected chi connectivity index (χ3v) is 4.77. The van der Waals surface area contributed by atoms with Crippen molar-refractivity contribution in [2.75, 3.05) is 7.05 Å². The van der Waals surface area contributed by atoms with Crippen LogP contribution in [0.4, 0.5) is 4.79 Å². The van der Waals surface area contributed by atoms with Crippen LogP contribution in [-0.4, -0.2) is 39.8 Å². The second kappa shape index (κ2) is 6.08. The molecular formula is C16H28N4O. The van der Waals surface area contributed by atoms with Crippen molar-refractivity contribution in [3.05, 3.63) is 17.0 Å². The summed E-state index contributed by atoms with van der Waals surface area (Å²) in [5.41, 5.74) is 3.47. The Bertz CT molecular complexity index is 519. The van der Waals surface area contributed by atoms with E-state index in [1.807, 2.05) is 30.6 Å². The van der Waals surface area contributed by atoms with Gasteiger partial charge in [-0.3, -0.25) is 4.68 Å². The zero-order valence-electron chi connectivity index (χ0n) is 14.1. The Labute approximate surface area is 127 Å². The number of hydrogen-bond acceptors (Lipinski definition) is 2. The van der Waals surface area contributed by atoms with Crippen LogP contribution in [0.5, 0.6) is 0 Å². The second-order valence-corrected chi connectivity index (χ2v) is 6.52. The Kier molecular flexibility index (Phi) is 4.59. The van der Waals surface area contributed by atoms with Gasteiger partial charge in [0.1, 0.15) is 0 Å². The van der Waals surface area contributed by atoms with Gasteiger partial charge in [-0.25, -0.2) is 4.79 Å². The molecule has 2 rings (SSSR count). The largest absolute Gasteiger partial charge is 0.335 e. The van der Waals surface area contributed by atoms with Gasteiger partial charge in [0, 0.05) is 31.9 Å². The molecule has 1 aliphatic carbocycles. The summed E-state index contributed by atoms with van der Waals surface area (Å²) in [5.74, 6) is 0.693. The average molecular weight is 292 g/mol. The predicted octanol–water partition coefficient (Wildman–Crippen LogP) is 2.41. The van der Waals surface area contributed by atoms with Gasteiger partial charge in [0.2, 0.25) is 0 Å². The Balaban J connectivity index is 1.91. The zero-order chi connectivity index (χ0) is 15.7. The van der Waals surface area contributed by atoms with Crippen molar-refractivity contribution in [3.63, 3.8) is 0 Å². The maximum Gasteiger partial charge on any atom is 0.317 e. The number of hydrogen-bond donors (Lipinski definition) is 1. The quantitative estimate of drug-likeness (QED) is 0.906. The molecular weight excluding hydrogens is 264 g/mol. The molecule has 0 aliphatic heterocycles. The van der Waals surface area contributed by atoms with Gasteiger partial charge in [0.05, 0.1) is 5.69 Å². The third kappa shape index (κ3) is 3.57. The first-order chi connectivity index (χ1) is 9.81. The summed E-state index contributed by atoms with van der Waals surface area (Å²) in [7, 11) is 3.85. The van der Waals surface area contributed by atoms with Gasteiger partial charge in [-0.15, -0.1) is 0 Å². The Morgan fingerprint density at radius 2 is 2.05 bits per heavy atom. The molecule has 5 heteroatoms. The summed E-state index contributed by atoms with van der Waals surface area (Å²) in [6.07, 6.45) is 3.33. The molecule has 0 radical (unpaired) electrons. The van der Waals surface area contributed by atoms with Crippen LogP contribution in [0.3, 0.4) is 0 Å². The molecule has 0 bridgehead atoms. The molecule has 2 amide bonds. The third-order valence-electron chi connectivity index (χ3n) is 4.77. The van der Waals surface area contributed by atoms with E-state index in [4.69, 9.17) is 0 Å². The molecule has 0 saturated heterocycles. The molecule has 0 spiro atoms. The number of carbonyl (C=O) groups excluding carboxylic acids is 1. The van der Waals surface area contributed by atoms with Gasteiger partial charge >= 0.3 is 6.03 Å². The van der Waals surface area contributed by atoms with Crippen LogP contribution in [0.25, 0.3) is 0 Å². The number of rotatable bonds is 5. The number of nitrogens with one attached hydrogen (secondary N) is 1. The monoisotopic (exact) mass is 292 g/mol. The highest BCUT2D eigenvalue weighted by Gasteiger charge is 2.32. The molecule has 1 aliphatic rings. The SMILES string of the molecule is Cc1nn(C)c(C)c1C[C@@H](C)NC(=O)N(C)[C@H](C)C1CC1. The smallest absolute Gasteiger partial charge is 0.317 e. The van der Waals surface area contributed by atoms with E-state index in [1.165, 1.54) is 24.1 Å². The van der Waals surface area contributed by atoms with Crippen molar-refractivity contribution in [2.45, 2.75) is 59.0 Å². The van der Waals surface area contributed by atoms with Crippen LogP contribution in [0.2, 0.25) is 0 Å². The van der Waals surface area contributed by atoms with Gasteiger partial charge in [0.15, 0.2) is 0 Å². The van der Waals surface area contributed by atoms with Gasteiger partial charge in [-0.2, -0.15) is 5.10 Å². The normalized spacial score (nSPS) is 17.4. The molecule has 118 valence electrons. The van der Waals surface area contributed by atoms with Gasteiger partial charge in [-0.1, -0.05) is 0 Å². The van der Waals surface area contributed by atoms with Crippen molar-refractivity contribution in [1.82, 2.24) is 20.0 Å². The van der Waals surface area contributed by atoms with E-state index in [1.54, 1.807) is 0 Å². The van der Waals surface area contributed by atoms with E-state index < -0.39 is 0 Å². The van der Waals surface area contributed by atoms with Crippen LogP contribution >= 0.6 is 0 Å². The number of urea groups is 1. The molecule has 1 aromatic rings. The summed E-state index contributed by atoms with van der Waals surface area (Å²) in [6, 6.07) is 0.466. The van der Waals surface area contributed by atoms with Crippen molar-refractivity contribution < 1.29 is 4.79 Å². The van der Waals surface area contributed by atoms with Crippen molar-refractivity contribution in [1.29, 1.82) is 0 Å². The molecule has 1 saturated carbocycles. The van der Waals surface area contributed by atoms with Crippen LogP contribution in [0.1, 0.15) is 43.6 Å². The number of aryl methyl sites for hydroxylation is 2. The van der Waals surface area contributed by atoms with Gasteiger partial charge < -0.3 is 10.2 Å². The van der Waals surface area contributed by atoms with E-state index in [0.717, 1.165) is 12.1 Å².